The number of carboxylic acids is 1. The average Bonchev–Trinajstić information content (AvgIpc) is 2.09. The van der Waals surface area contributed by atoms with Crippen molar-refractivity contribution >= 4 is 17.6 Å². The Morgan fingerprint density at radius 2 is 1.92 bits per heavy atom. The third kappa shape index (κ3) is 2.44. The van der Waals surface area contributed by atoms with Gasteiger partial charge >= 0.3 is 5.97 Å². The molecule has 0 saturated carbocycles. The summed E-state index contributed by atoms with van der Waals surface area (Å²) in [6.45, 7) is -0.406. The first-order valence-corrected chi connectivity index (χ1v) is 4.12. The van der Waals surface area contributed by atoms with Gasteiger partial charge in [-0.1, -0.05) is 23.7 Å². The molecule has 0 bridgehead atoms. The van der Waals surface area contributed by atoms with Gasteiger partial charge < -0.3 is 10.2 Å². The van der Waals surface area contributed by atoms with Crippen molar-refractivity contribution in [2.45, 2.75) is 5.92 Å². The number of aliphatic hydroxyl groups is 1. The standard InChI is InChI=1S/C9H9ClO3/c10-7-3-1-6(2-4-7)8(5-11)9(12)13/h1-4,8,11H,5H2,(H,12,13). The van der Waals surface area contributed by atoms with Crippen molar-refractivity contribution in [2.75, 3.05) is 6.61 Å². The van der Waals surface area contributed by atoms with Crippen LogP contribution in [0.25, 0.3) is 0 Å². The van der Waals surface area contributed by atoms with Gasteiger partial charge in [-0.2, -0.15) is 0 Å². The fourth-order valence-electron chi connectivity index (χ4n) is 1.02. The molecule has 0 aromatic heterocycles. The van der Waals surface area contributed by atoms with Crippen LogP contribution in [-0.4, -0.2) is 22.8 Å². The summed E-state index contributed by atoms with van der Waals surface area (Å²) in [4.78, 5) is 10.6. The predicted molar refractivity (Wildman–Crippen MR) is 48.9 cm³/mol. The van der Waals surface area contributed by atoms with Crippen LogP contribution >= 0.6 is 11.6 Å². The Kier molecular flexibility index (Phi) is 3.28. The fourth-order valence-corrected chi connectivity index (χ4v) is 1.15. The van der Waals surface area contributed by atoms with Crippen LogP contribution in [-0.2, 0) is 4.79 Å². The van der Waals surface area contributed by atoms with Crippen molar-refractivity contribution in [3.63, 3.8) is 0 Å². The molecule has 0 radical (unpaired) electrons. The van der Waals surface area contributed by atoms with Gasteiger partial charge in [-0.3, -0.25) is 4.79 Å². The molecule has 0 saturated heterocycles. The van der Waals surface area contributed by atoms with Crippen LogP contribution in [0.2, 0.25) is 5.02 Å². The summed E-state index contributed by atoms with van der Waals surface area (Å²) in [6.07, 6.45) is 0. The van der Waals surface area contributed by atoms with Crippen molar-refractivity contribution < 1.29 is 15.0 Å². The minimum absolute atomic E-state index is 0.406. The van der Waals surface area contributed by atoms with Crippen molar-refractivity contribution in [1.82, 2.24) is 0 Å². The van der Waals surface area contributed by atoms with Crippen LogP contribution < -0.4 is 0 Å². The highest BCUT2D eigenvalue weighted by molar-refractivity contribution is 6.30. The molecule has 1 rings (SSSR count). The summed E-state index contributed by atoms with van der Waals surface area (Å²) in [5.41, 5.74) is 0.555. The maximum absolute atomic E-state index is 10.6. The minimum atomic E-state index is -1.04. The maximum atomic E-state index is 10.6. The third-order valence-corrected chi connectivity index (χ3v) is 2.01. The van der Waals surface area contributed by atoms with E-state index in [1.807, 2.05) is 0 Å². The van der Waals surface area contributed by atoms with E-state index in [1.165, 1.54) is 0 Å². The molecule has 2 N–H and O–H groups in total. The van der Waals surface area contributed by atoms with Crippen molar-refractivity contribution in [2.24, 2.45) is 0 Å². The van der Waals surface area contributed by atoms with Crippen molar-refractivity contribution in [3.05, 3.63) is 34.9 Å². The molecule has 70 valence electrons. The van der Waals surface area contributed by atoms with Gasteiger partial charge in [0.05, 0.1) is 6.61 Å². The van der Waals surface area contributed by atoms with E-state index in [1.54, 1.807) is 24.3 Å². The third-order valence-electron chi connectivity index (χ3n) is 1.75. The van der Waals surface area contributed by atoms with Gasteiger partial charge in [0.25, 0.3) is 0 Å². The van der Waals surface area contributed by atoms with E-state index >= 15 is 0 Å². The zero-order chi connectivity index (χ0) is 9.84. The molecule has 0 heterocycles. The highest BCUT2D eigenvalue weighted by atomic mass is 35.5. The molecular weight excluding hydrogens is 192 g/mol. The fraction of sp³-hybridized carbons (Fsp3) is 0.222. The molecule has 1 aromatic carbocycles. The van der Waals surface area contributed by atoms with E-state index in [0.717, 1.165) is 0 Å². The number of carboxylic acid groups (broad SMARTS) is 1. The van der Waals surface area contributed by atoms with Crippen LogP contribution in [0.3, 0.4) is 0 Å². The topological polar surface area (TPSA) is 57.5 Å². The molecule has 0 aliphatic heterocycles. The number of aliphatic carboxylic acids is 1. The van der Waals surface area contributed by atoms with Crippen LogP contribution in [0, 0.1) is 0 Å². The number of rotatable bonds is 3. The Balaban J connectivity index is 2.92. The monoisotopic (exact) mass is 200 g/mol. The van der Waals surface area contributed by atoms with E-state index in [-0.39, 0.29) is 0 Å². The summed E-state index contributed by atoms with van der Waals surface area (Å²) < 4.78 is 0. The molecule has 0 aliphatic rings. The van der Waals surface area contributed by atoms with Gasteiger partial charge in [-0.25, -0.2) is 0 Å². The Morgan fingerprint density at radius 1 is 1.38 bits per heavy atom. The molecule has 1 aromatic rings. The summed E-state index contributed by atoms with van der Waals surface area (Å²) in [5, 5.41) is 18.1. The molecule has 0 aliphatic carbocycles. The molecule has 0 fully saturated rings. The average molecular weight is 201 g/mol. The first-order chi connectivity index (χ1) is 6.15. The van der Waals surface area contributed by atoms with E-state index in [2.05, 4.69) is 0 Å². The van der Waals surface area contributed by atoms with Gasteiger partial charge in [0.2, 0.25) is 0 Å². The van der Waals surface area contributed by atoms with Gasteiger partial charge in [0.15, 0.2) is 0 Å². The van der Waals surface area contributed by atoms with Gasteiger partial charge in [-0.15, -0.1) is 0 Å². The summed E-state index contributed by atoms with van der Waals surface area (Å²) >= 11 is 5.63. The SMILES string of the molecule is O=C(O)C(CO)c1ccc(Cl)cc1. The second kappa shape index (κ2) is 4.25. The normalized spacial score (nSPS) is 12.5. The van der Waals surface area contributed by atoms with Crippen LogP contribution in [0.1, 0.15) is 11.5 Å². The van der Waals surface area contributed by atoms with Gasteiger partial charge in [0.1, 0.15) is 5.92 Å². The molecule has 13 heavy (non-hydrogen) atoms. The molecule has 0 amide bonds. The van der Waals surface area contributed by atoms with Gasteiger partial charge in [-0.05, 0) is 17.7 Å². The lowest BCUT2D eigenvalue weighted by atomic mass is 10.0. The number of carbonyl (C=O) groups is 1. The summed E-state index contributed by atoms with van der Waals surface area (Å²) in [6, 6.07) is 6.39. The lowest BCUT2D eigenvalue weighted by Gasteiger charge is -2.08. The highest BCUT2D eigenvalue weighted by Crippen LogP contribution is 2.18. The highest BCUT2D eigenvalue weighted by Gasteiger charge is 2.17. The van der Waals surface area contributed by atoms with Crippen molar-refractivity contribution in [3.8, 4) is 0 Å². The molecular formula is C9H9ClO3. The first-order valence-electron chi connectivity index (χ1n) is 3.74. The summed E-state index contributed by atoms with van der Waals surface area (Å²) in [5.74, 6) is -1.90. The number of aliphatic hydroxyl groups excluding tert-OH is 1. The van der Waals surface area contributed by atoms with E-state index in [4.69, 9.17) is 21.8 Å². The lowest BCUT2D eigenvalue weighted by Crippen LogP contribution is -2.15. The van der Waals surface area contributed by atoms with Crippen LogP contribution in [0.4, 0.5) is 0 Å². The Bertz CT molecular complexity index is 294. The van der Waals surface area contributed by atoms with Crippen molar-refractivity contribution in [1.29, 1.82) is 0 Å². The molecule has 1 unspecified atom stereocenters. The smallest absolute Gasteiger partial charge is 0.313 e. The molecule has 0 spiro atoms. The first kappa shape index (κ1) is 10.0. The minimum Gasteiger partial charge on any atom is -0.481 e. The number of hydrogen-bond acceptors (Lipinski definition) is 2. The van der Waals surface area contributed by atoms with E-state index in [0.29, 0.717) is 10.6 Å². The Morgan fingerprint density at radius 3 is 2.31 bits per heavy atom. The van der Waals surface area contributed by atoms with E-state index in [9.17, 15) is 4.79 Å². The second-order valence-corrected chi connectivity index (χ2v) is 3.06. The van der Waals surface area contributed by atoms with Crippen LogP contribution in [0.15, 0.2) is 24.3 Å². The maximum Gasteiger partial charge on any atom is 0.313 e. The molecule has 3 nitrogen and oxygen atoms in total. The Hall–Kier alpha value is -1.06. The number of halogens is 1. The van der Waals surface area contributed by atoms with Gasteiger partial charge in [0, 0.05) is 5.02 Å². The second-order valence-electron chi connectivity index (χ2n) is 2.62. The predicted octanol–water partition coefficient (Wildman–Crippen LogP) is 1.50. The quantitative estimate of drug-likeness (QED) is 0.778. The number of hydrogen-bond donors (Lipinski definition) is 2. The largest absolute Gasteiger partial charge is 0.481 e. The summed E-state index contributed by atoms with van der Waals surface area (Å²) in [7, 11) is 0. The van der Waals surface area contributed by atoms with E-state index < -0.39 is 18.5 Å². The lowest BCUT2D eigenvalue weighted by molar-refractivity contribution is -0.139. The van der Waals surface area contributed by atoms with Crippen LogP contribution in [0.5, 0.6) is 0 Å². The molecule has 4 heteroatoms. The zero-order valence-electron chi connectivity index (χ0n) is 6.77. The zero-order valence-corrected chi connectivity index (χ0v) is 7.53. The number of benzene rings is 1. The molecule has 1 atom stereocenters. The Labute approximate surface area is 80.6 Å².